The van der Waals surface area contributed by atoms with Crippen molar-refractivity contribution >= 4 is 5.91 Å². The minimum atomic E-state index is -0.822. The number of nitrogens with zero attached hydrogens (tertiary/aromatic N) is 1. The van der Waals surface area contributed by atoms with Crippen molar-refractivity contribution in [3.63, 3.8) is 0 Å². The lowest BCUT2D eigenvalue weighted by atomic mass is 9.79. The molecule has 1 aliphatic heterocycles. The molecular weight excluding hydrogens is 250 g/mol. The number of halogens is 2. The Labute approximate surface area is 111 Å². The molecule has 1 fully saturated rings. The van der Waals surface area contributed by atoms with E-state index in [0.29, 0.717) is 19.5 Å². The predicted molar refractivity (Wildman–Crippen MR) is 68.6 cm³/mol. The van der Waals surface area contributed by atoms with Crippen LogP contribution in [0.25, 0.3) is 0 Å². The average Bonchev–Trinajstić information content (AvgIpc) is 2.32. The summed E-state index contributed by atoms with van der Waals surface area (Å²) >= 11 is 0. The Hall–Kier alpha value is -1.49. The maximum Gasteiger partial charge on any atom is 0.256 e. The molecule has 0 bridgehead atoms. The van der Waals surface area contributed by atoms with Crippen LogP contribution in [0.2, 0.25) is 0 Å². The molecule has 1 aromatic rings. The molecule has 3 nitrogen and oxygen atoms in total. The number of benzene rings is 1. The first-order valence-corrected chi connectivity index (χ1v) is 6.31. The quantitative estimate of drug-likeness (QED) is 0.848. The molecule has 104 valence electrons. The third-order valence-electron chi connectivity index (χ3n) is 3.76. The van der Waals surface area contributed by atoms with E-state index in [4.69, 9.17) is 5.73 Å². The van der Waals surface area contributed by atoms with Crippen LogP contribution < -0.4 is 5.73 Å². The number of likely N-dealkylation sites (tertiary alicyclic amines) is 1. The van der Waals surface area contributed by atoms with Crippen molar-refractivity contribution in [2.24, 2.45) is 11.1 Å². The van der Waals surface area contributed by atoms with Crippen molar-refractivity contribution in [2.75, 3.05) is 13.1 Å². The van der Waals surface area contributed by atoms with Crippen molar-refractivity contribution in [1.82, 2.24) is 4.90 Å². The van der Waals surface area contributed by atoms with Crippen LogP contribution in [0.3, 0.4) is 0 Å². The SMILES string of the molecule is CC1(C)CN(C(=O)c2ccc(F)cc2F)CCC1N. The minimum Gasteiger partial charge on any atom is -0.338 e. The molecule has 0 saturated carbocycles. The number of amides is 1. The normalized spacial score (nSPS) is 22.4. The van der Waals surface area contributed by atoms with E-state index in [1.54, 1.807) is 4.90 Å². The van der Waals surface area contributed by atoms with Gasteiger partial charge in [0.1, 0.15) is 11.6 Å². The second-order valence-corrected chi connectivity index (χ2v) is 5.73. The Morgan fingerprint density at radius 3 is 2.68 bits per heavy atom. The highest BCUT2D eigenvalue weighted by atomic mass is 19.1. The number of piperidine rings is 1. The van der Waals surface area contributed by atoms with Gasteiger partial charge in [0.15, 0.2) is 0 Å². The van der Waals surface area contributed by atoms with Gasteiger partial charge in [-0.15, -0.1) is 0 Å². The number of hydrogen-bond donors (Lipinski definition) is 1. The fourth-order valence-corrected chi connectivity index (χ4v) is 2.38. The van der Waals surface area contributed by atoms with E-state index in [1.807, 2.05) is 13.8 Å². The maximum atomic E-state index is 13.6. The van der Waals surface area contributed by atoms with Gasteiger partial charge < -0.3 is 10.6 Å². The van der Waals surface area contributed by atoms with Gasteiger partial charge in [0.05, 0.1) is 5.56 Å². The largest absolute Gasteiger partial charge is 0.338 e. The van der Waals surface area contributed by atoms with Gasteiger partial charge in [0, 0.05) is 25.2 Å². The number of carbonyl (C=O) groups excluding carboxylic acids is 1. The van der Waals surface area contributed by atoms with Crippen LogP contribution in [-0.4, -0.2) is 29.9 Å². The van der Waals surface area contributed by atoms with E-state index >= 15 is 0 Å². The Bertz CT molecular complexity index is 502. The van der Waals surface area contributed by atoms with Crippen LogP contribution in [0, 0.1) is 17.0 Å². The molecule has 0 aromatic heterocycles. The molecule has 0 radical (unpaired) electrons. The van der Waals surface area contributed by atoms with Gasteiger partial charge in [-0.05, 0) is 24.0 Å². The van der Waals surface area contributed by atoms with Crippen LogP contribution in [0.1, 0.15) is 30.6 Å². The minimum absolute atomic E-state index is 0.0228. The fourth-order valence-electron chi connectivity index (χ4n) is 2.38. The molecule has 1 unspecified atom stereocenters. The van der Waals surface area contributed by atoms with Crippen LogP contribution in [0.5, 0.6) is 0 Å². The Balaban J connectivity index is 2.21. The van der Waals surface area contributed by atoms with E-state index in [2.05, 4.69) is 0 Å². The highest BCUT2D eigenvalue weighted by Crippen LogP contribution is 2.28. The van der Waals surface area contributed by atoms with E-state index in [1.165, 1.54) is 6.07 Å². The molecule has 19 heavy (non-hydrogen) atoms. The van der Waals surface area contributed by atoms with Gasteiger partial charge in [0.2, 0.25) is 0 Å². The molecular formula is C14H18F2N2O. The van der Waals surface area contributed by atoms with Gasteiger partial charge in [-0.2, -0.15) is 0 Å². The zero-order valence-electron chi connectivity index (χ0n) is 11.1. The topological polar surface area (TPSA) is 46.3 Å². The van der Waals surface area contributed by atoms with Crippen molar-refractivity contribution in [1.29, 1.82) is 0 Å². The first-order chi connectivity index (χ1) is 8.81. The lowest BCUT2D eigenvalue weighted by Gasteiger charge is -2.42. The van der Waals surface area contributed by atoms with Gasteiger partial charge in [-0.3, -0.25) is 4.79 Å². The first-order valence-electron chi connectivity index (χ1n) is 6.31. The third-order valence-corrected chi connectivity index (χ3v) is 3.76. The summed E-state index contributed by atoms with van der Waals surface area (Å²) in [5.74, 6) is -1.91. The van der Waals surface area contributed by atoms with Gasteiger partial charge in [0.25, 0.3) is 5.91 Å². The zero-order valence-corrected chi connectivity index (χ0v) is 11.1. The van der Waals surface area contributed by atoms with Crippen molar-refractivity contribution < 1.29 is 13.6 Å². The summed E-state index contributed by atoms with van der Waals surface area (Å²) in [6.07, 6.45) is 0.682. The van der Waals surface area contributed by atoms with Gasteiger partial charge >= 0.3 is 0 Å². The second kappa shape index (κ2) is 4.89. The maximum absolute atomic E-state index is 13.6. The summed E-state index contributed by atoms with van der Waals surface area (Å²) in [6, 6.07) is 3.04. The molecule has 2 rings (SSSR count). The van der Waals surface area contributed by atoms with E-state index in [-0.39, 0.29) is 17.0 Å². The summed E-state index contributed by atoms with van der Waals surface area (Å²) < 4.78 is 26.5. The fraction of sp³-hybridized carbons (Fsp3) is 0.500. The van der Waals surface area contributed by atoms with Crippen molar-refractivity contribution in [3.8, 4) is 0 Å². The monoisotopic (exact) mass is 268 g/mol. The third kappa shape index (κ3) is 2.76. The highest BCUT2D eigenvalue weighted by molar-refractivity contribution is 5.94. The van der Waals surface area contributed by atoms with Gasteiger partial charge in [-0.25, -0.2) is 8.78 Å². The molecule has 1 aromatic carbocycles. The summed E-state index contributed by atoms with van der Waals surface area (Å²) in [6.45, 7) is 4.94. The summed E-state index contributed by atoms with van der Waals surface area (Å²) in [7, 11) is 0. The Morgan fingerprint density at radius 1 is 1.42 bits per heavy atom. The molecule has 0 spiro atoms. The van der Waals surface area contributed by atoms with Crippen LogP contribution in [-0.2, 0) is 0 Å². The van der Waals surface area contributed by atoms with Crippen LogP contribution in [0.15, 0.2) is 18.2 Å². The van der Waals surface area contributed by atoms with E-state index in [0.717, 1.165) is 12.1 Å². The van der Waals surface area contributed by atoms with Gasteiger partial charge in [-0.1, -0.05) is 13.8 Å². The number of carbonyl (C=O) groups is 1. The molecule has 1 saturated heterocycles. The number of hydrogen-bond acceptors (Lipinski definition) is 2. The Morgan fingerprint density at radius 2 is 2.11 bits per heavy atom. The van der Waals surface area contributed by atoms with Crippen LogP contribution in [0.4, 0.5) is 8.78 Å². The van der Waals surface area contributed by atoms with E-state index in [9.17, 15) is 13.6 Å². The lowest BCUT2D eigenvalue weighted by molar-refractivity contribution is 0.0528. The lowest BCUT2D eigenvalue weighted by Crippen LogP contribution is -2.54. The second-order valence-electron chi connectivity index (χ2n) is 5.73. The van der Waals surface area contributed by atoms with Crippen molar-refractivity contribution in [3.05, 3.63) is 35.4 Å². The molecule has 1 atom stereocenters. The standard InChI is InChI=1S/C14H18F2N2O/c1-14(2)8-18(6-5-12(14)17)13(19)10-4-3-9(15)7-11(10)16/h3-4,7,12H,5-6,8,17H2,1-2H3. The predicted octanol–water partition coefficient (Wildman–Crippen LogP) is 2.16. The van der Waals surface area contributed by atoms with Crippen molar-refractivity contribution in [2.45, 2.75) is 26.3 Å². The molecule has 1 amide bonds. The summed E-state index contributed by atoms with van der Waals surface area (Å²) in [5.41, 5.74) is 5.71. The van der Waals surface area contributed by atoms with E-state index < -0.39 is 17.5 Å². The smallest absolute Gasteiger partial charge is 0.256 e. The number of nitrogens with two attached hydrogens (primary N) is 1. The molecule has 1 aliphatic rings. The highest BCUT2D eigenvalue weighted by Gasteiger charge is 2.36. The average molecular weight is 268 g/mol. The van der Waals surface area contributed by atoms with Crippen LogP contribution >= 0.6 is 0 Å². The molecule has 1 heterocycles. The Kier molecular flexibility index (Phi) is 3.58. The first kappa shape index (κ1) is 13.9. The summed E-state index contributed by atoms with van der Waals surface area (Å²) in [5, 5.41) is 0. The molecule has 0 aliphatic carbocycles. The number of rotatable bonds is 1. The molecule has 2 N–H and O–H groups in total. The summed E-state index contributed by atoms with van der Waals surface area (Å²) in [4.78, 5) is 13.8. The molecule has 5 heteroatoms. The zero-order chi connectivity index (χ0) is 14.2.